The van der Waals surface area contributed by atoms with Gasteiger partial charge in [0.1, 0.15) is 11.5 Å². The van der Waals surface area contributed by atoms with E-state index in [2.05, 4.69) is 5.32 Å². The normalized spacial score (nSPS) is 15.6. The van der Waals surface area contributed by atoms with Crippen molar-refractivity contribution < 1.29 is 27.5 Å². The largest absolute Gasteiger partial charge is 0.497 e. The predicted molar refractivity (Wildman–Crippen MR) is 123 cm³/mol. The molecular formula is C23H29N3O6S. The molecule has 0 aromatic heterocycles. The lowest BCUT2D eigenvalue weighted by Crippen LogP contribution is -2.53. The van der Waals surface area contributed by atoms with Crippen LogP contribution < -0.4 is 14.8 Å². The summed E-state index contributed by atoms with van der Waals surface area (Å²) in [5.74, 6) is 1.14. The van der Waals surface area contributed by atoms with E-state index in [1.54, 1.807) is 31.3 Å². The van der Waals surface area contributed by atoms with Gasteiger partial charge in [-0.05, 0) is 38.1 Å². The van der Waals surface area contributed by atoms with Crippen LogP contribution in [0.2, 0.25) is 0 Å². The quantitative estimate of drug-likeness (QED) is 0.618. The molecule has 0 radical (unpaired) electrons. The Balaban J connectivity index is 1.61. The average molecular weight is 476 g/mol. The molecule has 1 atom stereocenters. The van der Waals surface area contributed by atoms with E-state index in [9.17, 15) is 18.0 Å². The van der Waals surface area contributed by atoms with Crippen molar-refractivity contribution in [2.45, 2.75) is 24.8 Å². The second-order valence-electron chi connectivity index (χ2n) is 7.75. The summed E-state index contributed by atoms with van der Waals surface area (Å²) in [6.07, 6.45) is 0. The summed E-state index contributed by atoms with van der Waals surface area (Å²) in [4.78, 5) is 25.9. The third-order valence-corrected chi connectivity index (χ3v) is 7.58. The second-order valence-corrected chi connectivity index (χ2v) is 9.69. The van der Waals surface area contributed by atoms with Gasteiger partial charge < -0.3 is 19.7 Å². The molecule has 9 nitrogen and oxygen atoms in total. The van der Waals surface area contributed by atoms with Gasteiger partial charge in [-0.3, -0.25) is 4.79 Å². The third kappa shape index (κ3) is 5.45. The van der Waals surface area contributed by atoms with Gasteiger partial charge in [0.05, 0.1) is 25.2 Å². The molecule has 33 heavy (non-hydrogen) atoms. The lowest BCUT2D eigenvalue weighted by Gasteiger charge is -2.34. The molecule has 2 aromatic carbocycles. The fraction of sp³-hybridized carbons (Fsp3) is 0.391. The second kappa shape index (κ2) is 10.2. The monoisotopic (exact) mass is 475 g/mol. The SMILES string of the molecule is COc1ccc(C(C)NC(=O)N2CCN(S(=O)(=O)c3ccc(C(C)=O)cc3)CC2)c(OC)c1. The van der Waals surface area contributed by atoms with E-state index < -0.39 is 10.0 Å². The average Bonchev–Trinajstić information content (AvgIpc) is 2.83. The Bertz CT molecular complexity index is 1110. The first-order chi connectivity index (χ1) is 15.7. The maximum atomic E-state index is 12.9. The number of hydrogen-bond donors (Lipinski definition) is 1. The minimum Gasteiger partial charge on any atom is -0.497 e. The number of carbonyl (C=O) groups is 2. The van der Waals surface area contributed by atoms with Crippen LogP contribution in [0.3, 0.4) is 0 Å². The van der Waals surface area contributed by atoms with Crippen LogP contribution >= 0.6 is 0 Å². The number of Topliss-reactive ketones (excluding diaryl/α,β-unsaturated/α-hetero) is 1. The third-order valence-electron chi connectivity index (χ3n) is 5.67. The van der Waals surface area contributed by atoms with Gasteiger partial charge in [-0.1, -0.05) is 12.1 Å². The number of carbonyl (C=O) groups excluding carboxylic acids is 2. The molecule has 2 amide bonds. The highest BCUT2D eigenvalue weighted by Crippen LogP contribution is 2.29. The fourth-order valence-electron chi connectivity index (χ4n) is 3.67. The van der Waals surface area contributed by atoms with E-state index in [-0.39, 0.29) is 48.9 Å². The number of amides is 2. The zero-order valence-corrected chi connectivity index (χ0v) is 20.0. The molecular weight excluding hydrogens is 446 g/mol. The Hall–Kier alpha value is -3.11. The summed E-state index contributed by atoms with van der Waals surface area (Å²) in [6, 6.07) is 10.7. The van der Waals surface area contributed by atoms with E-state index in [0.717, 1.165) is 5.56 Å². The number of nitrogens with one attached hydrogen (secondary N) is 1. The highest BCUT2D eigenvalue weighted by Gasteiger charge is 2.30. The Morgan fingerprint density at radius 3 is 2.15 bits per heavy atom. The number of sulfonamides is 1. The Kier molecular flexibility index (Phi) is 7.60. The minimum absolute atomic E-state index is 0.125. The number of benzene rings is 2. The highest BCUT2D eigenvalue weighted by molar-refractivity contribution is 7.89. The van der Waals surface area contributed by atoms with Crippen LogP contribution in [0.5, 0.6) is 11.5 Å². The molecule has 1 N–H and O–H groups in total. The first-order valence-corrected chi connectivity index (χ1v) is 12.0. The standard InChI is InChI=1S/C23H29N3O6S/c1-16(21-10-7-19(31-3)15-22(21)32-4)24-23(28)25-11-13-26(14-12-25)33(29,30)20-8-5-18(6-9-20)17(2)27/h5-10,15-16H,11-14H2,1-4H3,(H,24,28). The molecule has 10 heteroatoms. The van der Waals surface area contributed by atoms with Crippen LogP contribution in [-0.4, -0.2) is 69.8 Å². The van der Waals surface area contributed by atoms with Crippen molar-refractivity contribution in [1.29, 1.82) is 0 Å². The van der Waals surface area contributed by atoms with Gasteiger partial charge in [-0.2, -0.15) is 4.31 Å². The van der Waals surface area contributed by atoms with Crippen molar-refractivity contribution in [2.24, 2.45) is 0 Å². The molecule has 0 saturated carbocycles. The number of urea groups is 1. The number of ketones is 1. The van der Waals surface area contributed by atoms with E-state index in [0.29, 0.717) is 17.1 Å². The van der Waals surface area contributed by atoms with E-state index in [1.807, 2.05) is 13.0 Å². The lowest BCUT2D eigenvalue weighted by atomic mass is 10.1. The molecule has 0 aliphatic carbocycles. The highest BCUT2D eigenvalue weighted by atomic mass is 32.2. The topological polar surface area (TPSA) is 105 Å². The molecule has 1 aliphatic rings. The van der Waals surface area contributed by atoms with Gasteiger partial charge in [-0.25, -0.2) is 13.2 Å². The van der Waals surface area contributed by atoms with E-state index >= 15 is 0 Å². The van der Waals surface area contributed by atoms with Crippen molar-refractivity contribution in [3.8, 4) is 11.5 Å². The number of nitrogens with zero attached hydrogens (tertiary/aromatic N) is 2. The number of methoxy groups -OCH3 is 2. The van der Waals surface area contributed by atoms with Gasteiger partial charge in [0.15, 0.2) is 5.78 Å². The summed E-state index contributed by atoms with van der Waals surface area (Å²) >= 11 is 0. The van der Waals surface area contributed by atoms with Gasteiger partial charge in [0, 0.05) is 43.4 Å². The van der Waals surface area contributed by atoms with E-state index in [4.69, 9.17) is 9.47 Å². The van der Waals surface area contributed by atoms with Crippen molar-refractivity contribution in [3.05, 3.63) is 53.6 Å². The van der Waals surface area contributed by atoms with Crippen molar-refractivity contribution in [3.63, 3.8) is 0 Å². The molecule has 178 valence electrons. The number of ether oxygens (including phenoxy) is 2. The first-order valence-electron chi connectivity index (χ1n) is 10.6. The van der Waals surface area contributed by atoms with Crippen LogP contribution in [0, 0.1) is 0 Å². The number of hydrogen-bond acceptors (Lipinski definition) is 6. The summed E-state index contributed by atoms with van der Waals surface area (Å²) in [6.45, 7) is 4.19. The summed E-state index contributed by atoms with van der Waals surface area (Å²) < 4.78 is 37.8. The van der Waals surface area contributed by atoms with Gasteiger partial charge >= 0.3 is 6.03 Å². The number of piperazine rings is 1. The number of rotatable bonds is 7. The first kappa shape index (κ1) is 24.5. The fourth-order valence-corrected chi connectivity index (χ4v) is 5.09. The Morgan fingerprint density at radius 1 is 0.970 bits per heavy atom. The lowest BCUT2D eigenvalue weighted by molar-refractivity contribution is 0.101. The summed E-state index contributed by atoms with van der Waals surface area (Å²) in [7, 11) is -0.574. The van der Waals surface area contributed by atoms with Crippen LogP contribution in [0.15, 0.2) is 47.4 Å². The molecule has 2 aromatic rings. The summed E-state index contributed by atoms with van der Waals surface area (Å²) in [5.41, 5.74) is 1.26. The van der Waals surface area contributed by atoms with E-state index in [1.165, 1.54) is 35.5 Å². The molecule has 3 rings (SSSR count). The molecule has 1 unspecified atom stereocenters. The maximum absolute atomic E-state index is 12.9. The summed E-state index contributed by atoms with van der Waals surface area (Å²) in [5, 5.41) is 2.95. The van der Waals surface area contributed by atoms with Gasteiger partial charge in [0.2, 0.25) is 10.0 Å². The molecule has 0 bridgehead atoms. The van der Waals surface area contributed by atoms with Crippen molar-refractivity contribution >= 4 is 21.8 Å². The molecule has 1 saturated heterocycles. The zero-order valence-electron chi connectivity index (χ0n) is 19.2. The zero-order chi connectivity index (χ0) is 24.2. The minimum atomic E-state index is -3.70. The van der Waals surface area contributed by atoms with Gasteiger partial charge in [-0.15, -0.1) is 0 Å². The van der Waals surface area contributed by atoms with Crippen molar-refractivity contribution in [1.82, 2.24) is 14.5 Å². The maximum Gasteiger partial charge on any atom is 0.317 e. The van der Waals surface area contributed by atoms with Crippen LogP contribution in [0.1, 0.15) is 35.8 Å². The molecule has 0 spiro atoms. The smallest absolute Gasteiger partial charge is 0.317 e. The molecule has 1 fully saturated rings. The Morgan fingerprint density at radius 2 is 1.61 bits per heavy atom. The van der Waals surface area contributed by atoms with Crippen LogP contribution in [-0.2, 0) is 10.0 Å². The van der Waals surface area contributed by atoms with Gasteiger partial charge in [0.25, 0.3) is 0 Å². The Labute approximate surface area is 194 Å². The molecule has 1 aliphatic heterocycles. The van der Waals surface area contributed by atoms with Crippen molar-refractivity contribution in [2.75, 3.05) is 40.4 Å². The van der Waals surface area contributed by atoms with Crippen LogP contribution in [0.4, 0.5) is 4.79 Å². The predicted octanol–water partition coefficient (Wildman–Crippen LogP) is 2.68. The molecule has 1 heterocycles. The van der Waals surface area contributed by atoms with Crippen LogP contribution in [0.25, 0.3) is 0 Å².